The van der Waals surface area contributed by atoms with Gasteiger partial charge in [0.05, 0.1) is 69.5 Å². The second-order valence-electron chi connectivity index (χ2n) is 28.0. The molecular formula is C77H101GdN8O17S2+. The molecule has 7 N–H and O–H groups in total. The summed E-state index contributed by atoms with van der Waals surface area (Å²) >= 11 is 0. The van der Waals surface area contributed by atoms with Gasteiger partial charge in [0, 0.05) is 159 Å². The van der Waals surface area contributed by atoms with Crippen molar-refractivity contribution in [3.05, 3.63) is 161 Å². The molecule has 0 bridgehead atoms. The maximum atomic E-state index is 13.1. The summed E-state index contributed by atoms with van der Waals surface area (Å²) in [6, 6.07) is 32.9. The predicted molar refractivity (Wildman–Crippen MR) is 400 cm³/mol. The number of ether oxygens (including phenoxy) is 3. The van der Waals surface area contributed by atoms with Crippen molar-refractivity contribution in [2.75, 3.05) is 148 Å². The topological polar surface area (TPSA) is 326 Å². The van der Waals surface area contributed by atoms with Crippen LogP contribution in [0, 0.1) is 39.9 Å². The van der Waals surface area contributed by atoms with Crippen LogP contribution in [0.15, 0.2) is 144 Å². The number of anilines is 1. The van der Waals surface area contributed by atoms with Gasteiger partial charge in [0.25, 0.3) is 20.2 Å². The van der Waals surface area contributed by atoms with Crippen LogP contribution in [-0.4, -0.2) is 244 Å². The first-order valence-corrected chi connectivity index (χ1v) is 39.1. The van der Waals surface area contributed by atoms with Crippen molar-refractivity contribution >= 4 is 88.6 Å². The second-order valence-corrected chi connectivity index (χ2v) is 31.2. The molecule has 105 heavy (non-hydrogen) atoms. The van der Waals surface area contributed by atoms with E-state index in [9.17, 15) is 65.2 Å². The van der Waals surface area contributed by atoms with Gasteiger partial charge < -0.3 is 45.1 Å². The molecule has 1 fully saturated rings. The number of fused-ring (bicyclic) bond motifs is 6. The molecule has 25 nitrogen and oxygen atoms in total. The summed E-state index contributed by atoms with van der Waals surface area (Å²) in [6.45, 7) is 12.9. The molecule has 3 heterocycles. The number of nitrogens with one attached hydrogen (secondary N) is 2. The van der Waals surface area contributed by atoms with Gasteiger partial charge in [0.15, 0.2) is 5.71 Å². The number of carboxylic acid groups (broad SMARTS) is 3. The van der Waals surface area contributed by atoms with Gasteiger partial charge in [-0.25, -0.2) is 0 Å². The van der Waals surface area contributed by atoms with Crippen LogP contribution in [0.25, 0.3) is 21.5 Å². The Balaban J connectivity index is 0.0000139. The summed E-state index contributed by atoms with van der Waals surface area (Å²) in [5.41, 5.74) is 8.45. The molecule has 0 saturated carbocycles. The van der Waals surface area contributed by atoms with Crippen LogP contribution in [0.3, 0.4) is 0 Å². The summed E-state index contributed by atoms with van der Waals surface area (Å²) in [5.74, 6) is -2.88. The van der Waals surface area contributed by atoms with Gasteiger partial charge in [-0.15, -0.1) is 0 Å². The van der Waals surface area contributed by atoms with Gasteiger partial charge in [0.1, 0.15) is 18.1 Å². The van der Waals surface area contributed by atoms with E-state index in [2.05, 4.69) is 121 Å². The van der Waals surface area contributed by atoms with E-state index in [1.165, 1.54) is 11.1 Å². The fourth-order valence-electron chi connectivity index (χ4n) is 14.5. The molecule has 5 aromatic rings. The molecule has 2 amide bonds. The third-order valence-electron chi connectivity index (χ3n) is 19.6. The summed E-state index contributed by atoms with van der Waals surface area (Å²) in [4.78, 5) is 70.2. The predicted octanol–water partition coefficient (Wildman–Crippen LogP) is 8.06. The van der Waals surface area contributed by atoms with Crippen LogP contribution < -0.4 is 20.3 Å². The van der Waals surface area contributed by atoms with Crippen LogP contribution >= 0.6 is 0 Å². The maximum absolute atomic E-state index is 13.1. The molecule has 3 aliphatic heterocycles. The SMILES string of the molecule is CC1(C)C(/C=C/C2=C(Oc3ccc(CCC(=O)NCCOCCOCCNC(=O)CN4CCN(CC(=O)O)CCN(CC(=O)O)CCN(CC(=O)O)CC4)cc3)C(=C/C=C3/N(CCCCS(=O)(=O)O)c4ccc5ccccc5c4C3(C)C)/CCC2)=[N+](CCCCS(=O)(=O)O)c2ccc3ccccc3c21.[Gd]. The normalized spacial score (nSPS) is 17.9. The van der Waals surface area contributed by atoms with Crippen LogP contribution in [0.1, 0.15) is 95.8 Å². The molecule has 1 saturated heterocycles. The van der Waals surface area contributed by atoms with Crippen molar-refractivity contribution < 1.29 is 124 Å². The second kappa shape index (κ2) is 39.3. The molecule has 1 aliphatic carbocycles. The molecule has 0 spiro atoms. The number of rotatable bonds is 35. The van der Waals surface area contributed by atoms with Crippen molar-refractivity contribution in [3.8, 4) is 5.75 Å². The van der Waals surface area contributed by atoms with E-state index < -0.39 is 49.0 Å². The van der Waals surface area contributed by atoms with E-state index >= 15 is 0 Å². The van der Waals surface area contributed by atoms with E-state index in [1.807, 2.05) is 53.4 Å². The van der Waals surface area contributed by atoms with Gasteiger partial charge >= 0.3 is 17.9 Å². The summed E-state index contributed by atoms with van der Waals surface area (Å²) in [6.07, 6.45) is 13.2. The van der Waals surface area contributed by atoms with E-state index in [4.69, 9.17) is 14.2 Å². The Hall–Kier alpha value is -6.90. The van der Waals surface area contributed by atoms with E-state index in [1.54, 1.807) is 14.7 Å². The minimum Gasteiger partial charge on any atom is -0.480 e. The minimum absolute atomic E-state index is 0. The Labute approximate surface area is 648 Å². The number of carboxylic acids is 3. The van der Waals surface area contributed by atoms with Gasteiger partial charge in [-0.2, -0.15) is 21.4 Å². The number of benzene rings is 5. The van der Waals surface area contributed by atoms with E-state index in [0.717, 1.165) is 67.5 Å². The number of unbranched alkanes of at least 4 members (excludes halogenated alkanes) is 2. The molecule has 0 aromatic heterocycles. The first kappa shape index (κ1) is 83.7. The van der Waals surface area contributed by atoms with Crippen molar-refractivity contribution in [1.29, 1.82) is 0 Å². The van der Waals surface area contributed by atoms with E-state index in [0.29, 0.717) is 82.9 Å². The maximum Gasteiger partial charge on any atom is 0.317 e. The van der Waals surface area contributed by atoms with Gasteiger partial charge in [0.2, 0.25) is 17.5 Å². The zero-order valence-electron chi connectivity index (χ0n) is 60.5. The summed E-state index contributed by atoms with van der Waals surface area (Å²) in [7, 11) is -8.28. The Bertz CT molecular complexity index is 4260. The van der Waals surface area contributed by atoms with Gasteiger partial charge in [-0.1, -0.05) is 86.7 Å². The monoisotopic (exact) mass is 1630 g/mol. The van der Waals surface area contributed by atoms with Gasteiger partial charge in [-0.05, 0) is 139 Å². The third kappa shape index (κ3) is 24.6. The quantitative estimate of drug-likeness (QED) is 0.0114. The van der Waals surface area contributed by atoms with Crippen LogP contribution in [0.2, 0.25) is 0 Å². The average molecular weight is 1630 g/mol. The number of aryl methyl sites for hydroxylation is 1. The fraction of sp³-hybridized carbons (Fsp3) is 0.481. The molecule has 9 rings (SSSR count). The number of amides is 2. The zero-order valence-corrected chi connectivity index (χ0v) is 64.4. The molecule has 4 aliphatic rings. The molecule has 570 valence electrons. The van der Waals surface area contributed by atoms with Crippen LogP contribution in [-0.2, 0) is 70.9 Å². The van der Waals surface area contributed by atoms with Crippen molar-refractivity contribution in [1.82, 2.24) is 30.2 Å². The third-order valence-corrected chi connectivity index (χ3v) is 21.2. The van der Waals surface area contributed by atoms with Crippen molar-refractivity contribution in [3.63, 3.8) is 0 Å². The first-order chi connectivity index (χ1) is 49.6. The Morgan fingerprint density at radius 3 is 1.63 bits per heavy atom. The number of nitrogens with zero attached hydrogens (tertiary/aromatic N) is 6. The molecule has 0 radical (unpaired) electrons. The summed E-state index contributed by atoms with van der Waals surface area (Å²) in [5, 5.41) is 38.8. The number of aliphatic carboxylic acids is 3. The Kier molecular flexibility index (Phi) is 31.3. The molecular weight excluding hydrogens is 1530 g/mol. The zero-order chi connectivity index (χ0) is 74.6. The van der Waals surface area contributed by atoms with Gasteiger partial charge in [-0.3, -0.25) is 52.7 Å². The first-order valence-electron chi connectivity index (χ1n) is 35.8. The molecule has 0 unspecified atom stereocenters. The Morgan fingerprint density at radius 1 is 0.562 bits per heavy atom. The van der Waals surface area contributed by atoms with Crippen LogP contribution in [0.4, 0.5) is 11.4 Å². The largest absolute Gasteiger partial charge is 0.480 e. The van der Waals surface area contributed by atoms with E-state index in [-0.39, 0.29) is 174 Å². The molecule has 28 heteroatoms. The van der Waals surface area contributed by atoms with Crippen LogP contribution in [0.5, 0.6) is 5.75 Å². The van der Waals surface area contributed by atoms with Crippen molar-refractivity contribution in [2.24, 2.45) is 0 Å². The minimum atomic E-state index is -4.14. The fourth-order valence-corrected chi connectivity index (χ4v) is 15.6. The smallest absolute Gasteiger partial charge is 0.317 e. The number of hydrogen-bond acceptors (Lipinski definition) is 17. The number of carbonyl (C=O) groups excluding carboxylic acids is 2. The Morgan fingerprint density at radius 2 is 1.08 bits per heavy atom. The summed E-state index contributed by atoms with van der Waals surface area (Å²) < 4.78 is 87.4. The van der Waals surface area contributed by atoms with Crippen molar-refractivity contribution in [2.45, 2.75) is 96.3 Å². The molecule has 5 aromatic carbocycles. The number of hydrogen-bond donors (Lipinski definition) is 7. The standard InChI is InChI=1S/C77H100N8O17S2.Gd/c1-76(2)66(84(36-9-11-50-103(94,95)96)64-29-23-57-14-5-7-18-62(57)73(64)76)31-25-59-16-13-17-60(26-32-67-77(3,4)74-63-19-8-6-15-58(63)24-30-65(74)85(67)37-10-12-51-104(97,98)99)75(59)102-61-27-20-56(21-28-61)22-33-68(86)78-34-46-100-48-49-101-47-35-79-69(87)52-80-38-40-81(53-70(88)89)42-44-83(55-72(92)93)45-43-82(41-39-80)54-71(90)91;/h5-8,14-15,18-21,23-32H,9-13,16-17,22,33-55H2,1-4H3,(H6-,78,79,86,87,88,89,90,91,92,93,94,95,96,97,98,99);/p+1. The number of carbonyl (C=O) groups is 5. The molecule has 0 atom stereocenters. The average Bonchev–Trinajstić information content (AvgIpc) is 1.58. The number of allylic oxidation sites excluding steroid dienone is 7.